The molecule has 2 heterocycles. The summed E-state index contributed by atoms with van der Waals surface area (Å²) in [4.78, 5) is 8.45. The molecule has 1 saturated heterocycles. The molecule has 1 aromatic rings. The molecule has 0 unspecified atom stereocenters. The first-order chi connectivity index (χ1) is 7.38. The van der Waals surface area contributed by atoms with Gasteiger partial charge in [0.05, 0.1) is 0 Å². The van der Waals surface area contributed by atoms with E-state index in [9.17, 15) is 0 Å². The van der Waals surface area contributed by atoms with E-state index in [0.717, 1.165) is 17.9 Å². The van der Waals surface area contributed by atoms with Gasteiger partial charge in [0.15, 0.2) is 0 Å². The highest BCUT2D eigenvalue weighted by atomic mass is 32.2. The molecule has 1 fully saturated rings. The normalized spacial score (nSPS) is 17.7. The summed E-state index contributed by atoms with van der Waals surface area (Å²) in [5.41, 5.74) is 1.11. The van der Waals surface area contributed by atoms with Gasteiger partial charge in [0.2, 0.25) is 0 Å². The molecule has 0 saturated carbocycles. The summed E-state index contributed by atoms with van der Waals surface area (Å²) in [5, 5.41) is 3.49. The second-order valence-electron chi connectivity index (χ2n) is 3.78. The molecular weight excluding hydrogens is 206 g/mol. The maximum atomic E-state index is 4.25. The average molecular weight is 223 g/mol. The van der Waals surface area contributed by atoms with Crippen LogP contribution >= 0.6 is 11.8 Å². The van der Waals surface area contributed by atoms with Crippen LogP contribution in [0.3, 0.4) is 0 Å². The molecule has 4 heteroatoms. The van der Waals surface area contributed by atoms with E-state index >= 15 is 0 Å². The minimum absolute atomic E-state index is 0.603. The molecule has 1 N–H and O–H groups in total. The van der Waals surface area contributed by atoms with Crippen molar-refractivity contribution in [3.05, 3.63) is 18.1 Å². The van der Waals surface area contributed by atoms with Crippen molar-refractivity contribution in [2.24, 2.45) is 0 Å². The second-order valence-corrected chi connectivity index (χ2v) is 5.00. The van der Waals surface area contributed by atoms with E-state index in [1.165, 1.54) is 24.3 Å². The first-order valence-electron chi connectivity index (χ1n) is 5.53. The van der Waals surface area contributed by atoms with Gasteiger partial charge in [-0.05, 0) is 30.8 Å². The molecule has 0 aromatic carbocycles. The van der Waals surface area contributed by atoms with Gasteiger partial charge in [-0.1, -0.05) is 6.92 Å². The molecule has 82 valence electrons. The Labute approximate surface area is 95.1 Å². The van der Waals surface area contributed by atoms with Crippen molar-refractivity contribution in [1.29, 1.82) is 0 Å². The average Bonchev–Trinajstić information content (AvgIpc) is 2.31. The number of hydrogen-bond acceptors (Lipinski definition) is 4. The highest BCUT2D eigenvalue weighted by Gasteiger charge is 2.13. The highest BCUT2D eigenvalue weighted by molar-refractivity contribution is 7.99. The third kappa shape index (κ3) is 3.09. The minimum Gasteiger partial charge on any atom is -0.367 e. The molecule has 1 aromatic heterocycles. The van der Waals surface area contributed by atoms with Crippen molar-refractivity contribution in [3.8, 4) is 0 Å². The van der Waals surface area contributed by atoms with Gasteiger partial charge in [0, 0.05) is 17.8 Å². The van der Waals surface area contributed by atoms with E-state index in [-0.39, 0.29) is 0 Å². The SMILES string of the molecule is CCc1cc(NC2CCSCC2)ncn1. The Balaban J connectivity index is 1.96. The molecule has 1 aliphatic heterocycles. The number of thioether (sulfide) groups is 1. The smallest absolute Gasteiger partial charge is 0.129 e. The van der Waals surface area contributed by atoms with Crippen molar-refractivity contribution in [3.63, 3.8) is 0 Å². The molecule has 3 nitrogen and oxygen atoms in total. The summed E-state index contributed by atoms with van der Waals surface area (Å²) in [6, 6.07) is 2.66. The van der Waals surface area contributed by atoms with E-state index < -0.39 is 0 Å². The lowest BCUT2D eigenvalue weighted by Gasteiger charge is -2.23. The van der Waals surface area contributed by atoms with Crippen LogP contribution in [0.1, 0.15) is 25.5 Å². The van der Waals surface area contributed by atoms with Gasteiger partial charge in [0.1, 0.15) is 12.1 Å². The van der Waals surface area contributed by atoms with Gasteiger partial charge >= 0.3 is 0 Å². The molecule has 0 bridgehead atoms. The van der Waals surface area contributed by atoms with Crippen molar-refractivity contribution < 1.29 is 0 Å². The predicted molar refractivity (Wildman–Crippen MR) is 65.4 cm³/mol. The van der Waals surface area contributed by atoms with Crippen molar-refractivity contribution >= 4 is 17.6 Å². The van der Waals surface area contributed by atoms with Crippen molar-refractivity contribution in [2.75, 3.05) is 16.8 Å². The van der Waals surface area contributed by atoms with Crippen LogP contribution in [0.4, 0.5) is 5.82 Å². The first kappa shape index (κ1) is 10.7. The van der Waals surface area contributed by atoms with Crippen LogP contribution in [0.2, 0.25) is 0 Å². The standard InChI is InChI=1S/C11H17N3S/c1-2-9-7-11(13-8-12-9)14-10-3-5-15-6-4-10/h7-8,10H,2-6H2,1H3,(H,12,13,14). The lowest BCUT2D eigenvalue weighted by Crippen LogP contribution is -2.25. The van der Waals surface area contributed by atoms with Gasteiger partial charge in [-0.25, -0.2) is 9.97 Å². The predicted octanol–water partition coefficient (Wildman–Crippen LogP) is 2.35. The van der Waals surface area contributed by atoms with E-state index in [1.807, 2.05) is 11.8 Å². The maximum absolute atomic E-state index is 4.25. The van der Waals surface area contributed by atoms with E-state index in [4.69, 9.17) is 0 Å². The molecule has 15 heavy (non-hydrogen) atoms. The molecule has 1 aliphatic rings. The van der Waals surface area contributed by atoms with Crippen molar-refractivity contribution in [1.82, 2.24) is 9.97 Å². The van der Waals surface area contributed by atoms with Crippen LogP contribution in [0.25, 0.3) is 0 Å². The maximum Gasteiger partial charge on any atom is 0.129 e. The Kier molecular flexibility index (Phi) is 3.83. The fourth-order valence-electron chi connectivity index (χ4n) is 1.72. The summed E-state index contributed by atoms with van der Waals surface area (Å²) in [5.74, 6) is 3.52. The Hall–Kier alpha value is -0.770. The molecule has 0 radical (unpaired) electrons. The fraction of sp³-hybridized carbons (Fsp3) is 0.636. The zero-order valence-electron chi connectivity index (χ0n) is 9.07. The van der Waals surface area contributed by atoms with Crippen LogP contribution in [0.5, 0.6) is 0 Å². The topological polar surface area (TPSA) is 37.8 Å². The minimum atomic E-state index is 0.603. The Morgan fingerprint density at radius 3 is 2.93 bits per heavy atom. The summed E-state index contributed by atoms with van der Waals surface area (Å²) >= 11 is 2.04. The monoisotopic (exact) mass is 223 g/mol. The molecule has 0 amide bonds. The molecule has 0 atom stereocenters. The van der Waals surface area contributed by atoms with Gasteiger partial charge < -0.3 is 5.32 Å². The van der Waals surface area contributed by atoms with Crippen LogP contribution in [0.15, 0.2) is 12.4 Å². The largest absolute Gasteiger partial charge is 0.367 e. The van der Waals surface area contributed by atoms with E-state index in [1.54, 1.807) is 6.33 Å². The summed E-state index contributed by atoms with van der Waals surface area (Å²) in [7, 11) is 0. The summed E-state index contributed by atoms with van der Waals surface area (Å²) < 4.78 is 0. The number of nitrogens with zero attached hydrogens (tertiary/aromatic N) is 2. The number of aromatic nitrogens is 2. The van der Waals surface area contributed by atoms with Crippen LogP contribution in [-0.2, 0) is 6.42 Å². The van der Waals surface area contributed by atoms with Gasteiger partial charge in [0.25, 0.3) is 0 Å². The second kappa shape index (κ2) is 5.35. The summed E-state index contributed by atoms with van der Waals surface area (Å²) in [6.45, 7) is 2.11. The zero-order valence-corrected chi connectivity index (χ0v) is 9.89. The lowest BCUT2D eigenvalue weighted by atomic mass is 10.1. The van der Waals surface area contributed by atoms with Crippen molar-refractivity contribution in [2.45, 2.75) is 32.2 Å². The van der Waals surface area contributed by atoms with E-state index in [2.05, 4.69) is 28.3 Å². The number of rotatable bonds is 3. The lowest BCUT2D eigenvalue weighted by molar-refractivity contribution is 0.663. The van der Waals surface area contributed by atoms with Gasteiger partial charge in [-0.2, -0.15) is 11.8 Å². The van der Waals surface area contributed by atoms with Crippen LogP contribution in [-0.4, -0.2) is 27.5 Å². The zero-order chi connectivity index (χ0) is 10.5. The third-order valence-corrected chi connectivity index (χ3v) is 3.71. The van der Waals surface area contributed by atoms with Gasteiger partial charge in [-0.3, -0.25) is 0 Å². The summed E-state index contributed by atoms with van der Waals surface area (Å²) in [6.07, 6.45) is 5.11. The highest BCUT2D eigenvalue weighted by Crippen LogP contribution is 2.20. The Morgan fingerprint density at radius 1 is 1.40 bits per heavy atom. The first-order valence-corrected chi connectivity index (χ1v) is 6.69. The number of aryl methyl sites for hydroxylation is 1. The molecular formula is C11H17N3S. The molecule has 2 rings (SSSR count). The Morgan fingerprint density at radius 2 is 2.20 bits per heavy atom. The van der Waals surface area contributed by atoms with E-state index in [0.29, 0.717) is 6.04 Å². The van der Waals surface area contributed by atoms with Crippen LogP contribution < -0.4 is 5.32 Å². The number of nitrogens with one attached hydrogen (secondary N) is 1. The molecule has 0 aliphatic carbocycles. The van der Waals surface area contributed by atoms with Gasteiger partial charge in [-0.15, -0.1) is 0 Å². The number of hydrogen-bond donors (Lipinski definition) is 1. The quantitative estimate of drug-likeness (QED) is 0.853. The Bertz CT molecular complexity index is 310. The third-order valence-electron chi connectivity index (χ3n) is 2.66. The van der Waals surface area contributed by atoms with Crippen LogP contribution in [0, 0.1) is 0 Å². The number of anilines is 1. The molecule has 0 spiro atoms. The fourth-order valence-corrected chi connectivity index (χ4v) is 2.83.